The minimum atomic E-state index is -5.08. The zero-order chi connectivity index (χ0) is 27.1. The van der Waals surface area contributed by atoms with Gasteiger partial charge in [0.1, 0.15) is 6.04 Å². The third kappa shape index (κ3) is 5.25. The summed E-state index contributed by atoms with van der Waals surface area (Å²) in [5, 5.41) is 25.5. The summed E-state index contributed by atoms with van der Waals surface area (Å²) in [6.07, 6.45) is 0.00959. The van der Waals surface area contributed by atoms with Crippen LogP contribution in [0.4, 0.5) is 13.2 Å². The third-order valence-electron chi connectivity index (χ3n) is 7.81. The van der Waals surface area contributed by atoms with E-state index >= 15 is 0 Å². The van der Waals surface area contributed by atoms with Crippen LogP contribution >= 0.6 is 0 Å². The van der Waals surface area contributed by atoms with E-state index in [-0.39, 0.29) is 41.9 Å². The first-order chi connectivity index (χ1) is 17.5. The first-order valence-electron chi connectivity index (χ1n) is 12.1. The molecule has 5 rings (SSSR count). The normalized spacial score (nSPS) is 30.2. The van der Waals surface area contributed by atoms with Gasteiger partial charge in [0.2, 0.25) is 5.91 Å². The summed E-state index contributed by atoms with van der Waals surface area (Å²) in [4.78, 5) is 38.9. The van der Waals surface area contributed by atoms with Crippen LogP contribution in [0.25, 0.3) is 0 Å². The molecule has 0 aromatic heterocycles. The summed E-state index contributed by atoms with van der Waals surface area (Å²) >= 11 is 0. The van der Waals surface area contributed by atoms with E-state index in [4.69, 9.17) is 20.9 Å². The molecular formula is C25H26F3N5O4. The number of nitrogens with zero attached hydrogens (tertiary/aromatic N) is 4. The lowest BCUT2D eigenvalue weighted by molar-refractivity contribution is -0.192. The Morgan fingerprint density at radius 2 is 1.57 bits per heavy atom. The van der Waals surface area contributed by atoms with Crippen LogP contribution in [0.15, 0.2) is 24.3 Å². The van der Waals surface area contributed by atoms with Crippen molar-refractivity contribution in [3.05, 3.63) is 35.4 Å². The van der Waals surface area contributed by atoms with Gasteiger partial charge in [0.15, 0.2) is 0 Å². The van der Waals surface area contributed by atoms with Gasteiger partial charge in [-0.05, 0) is 74.6 Å². The SMILES string of the molecule is N#Cc1ccc(C(=O)N2C3CCC2CC([C@H](N)C(=O)N2[C@H](C#N)C[C@@H]4C[C@@H]42)C3)cc1.O=C(O)C(F)(F)F. The molecule has 3 heterocycles. The maximum atomic E-state index is 13.1. The lowest BCUT2D eigenvalue weighted by Gasteiger charge is -2.41. The zero-order valence-corrected chi connectivity index (χ0v) is 19.8. The van der Waals surface area contributed by atoms with Crippen LogP contribution in [0.5, 0.6) is 0 Å². The molecule has 3 aliphatic heterocycles. The molecule has 196 valence electrons. The van der Waals surface area contributed by atoms with E-state index in [9.17, 15) is 28.0 Å². The van der Waals surface area contributed by atoms with Gasteiger partial charge in [-0.1, -0.05) is 0 Å². The Kier molecular flexibility index (Phi) is 7.16. The Labute approximate surface area is 211 Å². The predicted octanol–water partition coefficient (Wildman–Crippen LogP) is 2.42. The second-order valence-electron chi connectivity index (χ2n) is 10.0. The molecule has 0 spiro atoms. The molecule has 4 aliphatic rings. The summed E-state index contributed by atoms with van der Waals surface area (Å²) < 4.78 is 31.7. The number of hydrogen-bond acceptors (Lipinski definition) is 6. The number of alkyl halides is 3. The molecule has 1 aromatic rings. The molecule has 2 amide bonds. The number of carbonyl (C=O) groups excluding carboxylic acids is 2. The Morgan fingerprint density at radius 3 is 2.05 bits per heavy atom. The number of aliphatic carboxylic acids is 1. The molecule has 2 unspecified atom stereocenters. The van der Waals surface area contributed by atoms with Crippen molar-refractivity contribution in [2.75, 3.05) is 0 Å². The Morgan fingerprint density at radius 1 is 1.00 bits per heavy atom. The number of nitrogens with two attached hydrogens (primary N) is 1. The molecule has 12 heteroatoms. The van der Waals surface area contributed by atoms with Gasteiger partial charge in [-0.25, -0.2) is 4.79 Å². The zero-order valence-electron chi connectivity index (χ0n) is 19.8. The number of hydrogen-bond donors (Lipinski definition) is 2. The average Bonchev–Trinajstić information content (AvgIpc) is 3.46. The van der Waals surface area contributed by atoms with Crippen molar-refractivity contribution in [2.45, 2.75) is 74.9 Å². The molecule has 9 nitrogen and oxygen atoms in total. The monoisotopic (exact) mass is 517 g/mol. The molecular weight excluding hydrogens is 491 g/mol. The number of fused-ring (bicyclic) bond motifs is 3. The van der Waals surface area contributed by atoms with Crippen molar-refractivity contribution in [1.82, 2.24) is 9.80 Å². The van der Waals surface area contributed by atoms with Gasteiger partial charge in [-0.3, -0.25) is 9.59 Å². The van der Waals surface area contributed by atoms with Crippen molar-refractivity contribution >= 4 is 17.8 Å². The molecule has 1 aliphatic carbocycles. The summed E-state index contributed by atoms with van der Waals surface area (Å²) in [6.45, 7) is 0. The molecule has 3 N–H and O–H groups in total. The quantitative estimate of drug-likeness (QED) is 0.625. The van der Waals surface area contributed by atoms with E-state index in [2.05, 4.69) is 12.1 Å². The molecule has 0 radical (unpaired) electrons. The van der Waals surface area contributed by atoms with E-state index < -0.39 is 18.2 Å². The van der Waals surface area contributed by atoms with Crippen LogP contribution in [-0.4, -0.2) is 69.1 Å². The van der Waals surface area contributed by atoms with Gasteiger partial charge in [-0.15, -0.1) is 0 Å². The number of carbonyl (C=O) groups is 3. The topological polar surface area (TPSA) is 152 Å². The third-order valence-corrected chi connectivity index (χ3v) is 7.81. The Bertz CT molecular complexity index is 1140. The number of benzene rings is 1. The fourth-order valence-electron chi connectivity index (χ4n) is 5.94. The highest BCUT2D eigenvalue weighted by Gasteiger charge is 2.56. The molecule has 6 atom stereocenters. The number of likely N-dealkylation sites (tertiary alicyclic amines) is 1. The summed E-state index contributed by atoms with van der Waals surface area (Å²) in [5.41, 5.74) is 7.58. The smallest absolute Gasteiger partial charge is 0.475 e. The van der Waals surface area contributed by atoms with Crippen molar-refractivity contribution in [1.29, 1.82) is 10.5 Å². The second-order valence-corrected chi connectivity index (χ2v) is 10.0. The van der Waals surface area contributed by atoms with Crippen LogP contribution < -0.4 is 5.73 Å². The van der Waals surface area contributed by atoms with Crippen LogP contribution in [0.2, 0.25) is 0 Å². The van der Waals surface area contributed by atoms with Gasteiger partial charge in [0.05, 0.1) is 23.7 Å². The number of halogens is 3. The van der Waals surface area contributed by atoms with Gasteiger partial charge in [-0.2, -0.15) is 23.7 Å². The summed E-state index contributed by atoms with van der Waals surface area (Å²) in [7, 11) is 0. The number of nitriles is 2. The Hall–Kier alpha value is -3.64. The van der Waals surface area contributed by atoms with E-state index in [1.807, 2.05) is 4.90 Å². The standard InChI is InChI=1S/C23H25N5O2.C2HF3O2/c24-11-13-1-3-14(4-2-13)22(29)27-17-5-6-18(27)9-16(8-17)21(26)23(30)28-19(12-25)7-15-10-20(15)28;3-2(4,5)1(6)7/h1-4,15-21H,5-10,26H2;(H,6,7)/t15-,16?,17?,18?,19+,20+,21+;/m1./s1. The molecule has 2 bridgehead atoms. The first-order valence-corrected chi connectivity index (χ1v) is 12.1. The highest BCUT2D eigenvalue weighted by molar-refractivity contribution is 5.95. The average molecular weight is 518 g/mol. The van der Waals surface area contributed by atoms with Crippen LogP contribution in [-0.2, 0) is 9.59 Å². The van der Waals surface area contributed by atoms with Crippen molar-refractivity contribution in [2.24, 2.45) is 17.6 Å². The first kappa shape index (κ1) is 26.4. The highest BCUT2D eigenvalue weighted by Crippen LogP contribution is 2.48. The number of rotatable bonds is 3. The van der Waals surface area contributed by atoms with E-state index in [0.29, 0.717) is 17.0 Å². The van der Waals surface area contributed by atoms with Gasteiger partial charge < -0.3 is 20.6 Å². The van der Waals surface area contributed by atoms with Gasteiger partial charge >= 0.3 is 12.1 Å². The number of carboxylic acid groups (broad SMARTS) is 1. The molecule has 1 saturated carbocycles. The Balaban J connectivity index is 0.000000405. The molecule has 1 aromatic carbocycles. The lowest BCUT2D eigenvalue weighted by atomic mass is 9.84. The van der Waals surface area contributed by atoms with E-state index in [1.54, 1.807) is 29.2 Å². The predicted molar refractivity (Wildman–Crippen MR) is 121 cm³/mol. The number of amides is 2. The van der Waals surface area contributed by atoms with Crippen molar-refractivity contribution in [3.63, 3.8) is 0 Å². The van der Waals surface area contributed by atoms with Crippen molar-refractivity contribution in [3.8, 4) is 12.1 Å². The molecule has 3 saturated heterocycles. The minimum absolute atomic E-state index is 0.00440. The van der Waals surface area contributed by atoms with Gasteiger partial charge in [0.25, 0.3) is 5.91 Å². The second kappa shape index (κ2) is 10.0. The van der Waals surface area contributed by atoms with Crippen LogP contribution in [0.1, 0.15) is 54.4 Å². The number of carboxylic acids is 1. The van der Waals surface area contributed by atoms with Crippen LogP contribution in [0.3, 0.4) is 0 Å². The minimum Gasteiger partial charge on any atom is -0.475 e. The number of piperidine rings is 2. The maximum Gasteiger partial charge on any atom is 0.490 e. The van der Waals surface area contributed by atoms with Crippen molar-refractivity contribution < 1.29 is 32.7 Å². The van der Waals surface area contributed by atoms with Crippen LogP contribution in [0, 0.1) is 34.5 Å². The van der Waals surface area contributed by atoms with E-state index in [0.717, 1.165) is 38.5 Å². The maximum absolute atomic E-state index is 13.1. The van der Waals surface area contributed by atoms with E-state index in [1.165, 1.54) is 0 Å². The summed E-state index contributed by atoms with van der Waals surface area (Å²) in [6, 6.07) is 10.6. The highest BCUT2D eigenvalue weighted by atomic mass is 19.4. The fraction of sp³-hybridized carbons (Fsp3) is 0.560. The lowest BCUT2D eigenvalue weighted by Crippen LogP contribution is -2.55. The van der Waals surface area contributed by atoms with Gasteiger partial charge in [0, 0.05) is 23.7 Å². The molecule has 37 heavy (non-hydrogen) atoms. The summed E-state index contributed by atoms with van der Waals surface area (Å²) in [5.74, 6) is -2.32. The fourth-order valence-corrected chi connectivity index (χ4v) is 5.94. The molecule has 4 fully saturated rings. The largest absolute Gasteiger partial charge is 0.490 e.